The van der Waals surface area contributed by atoms with Crippen molar-refractivity contribution in [2.24, 2.45) is 0 Å². The predicted molar refractivity (Wildman–Crippen MR) is 102 cm³/mol. The number of nitrogens with zero attached hydrogens (tertiary/aromatic N) is 2. The van der Waals surface area contributed by atoms with Gasteiger partial charge in [0, 0.05) is 29.4 Å². The summed E-state index contributed by atoms with van der Waals surface area (Å²) in [6.07, 6.45) is 5.29. The molecule has 2 aromatic rings. The standard InChI is InChI=1S/C17H22BN3O2S/c1-16(2)17(3,4)23-18(22-16)11(10-24)9-12-13(19)5-6-14-15(12)21-8-7-20-14/h5-9,24H,10,19H2,1-4H3. The zero-order valence-electron chi connectivity index (χ0n) is 14.4. The van der Waals surface area contributed by atoms with Crippen LogP contribution in [0.2, 0.25) is 0 Å². The highest BCUT2D eigenvalue weighted by Crippen LogP contribution is 2.39. The van der Waals surface area contributed by atoms with Crippen molar-refractivity contribution in [3.8, 4) is 0 Å². The van der Waals surface area contributed by atoms with E-state index in [0.29, 0.717) is 11.4 Å². The van der Waals surface area contributed by atoms with Crippen LogP contribution < -0.4 is 5.73 Å². The van der Waals surface area contributed by atoms with Crippen molar-refractivity contribution in [2.45, 2.75) is 38.9 Å². The van der Waals surface area contributed by atoms with Crippen LogP contribution in [0.4, 0.5) is 5.69 Å². The molecule has 1 aliphatic rings. The van der Waals surface area contributed by atoms with Crippen LogP contribution in [0.15, 0.2) is 30.0 Å². The van der Waals surface area contributed by atoms with E-state index in [0.717, 1.165) is 22.1 Å². The van der Waals surface area contributed by atoms with Gasteiger partial charge in [-0.1, -0.05) is 6.08 Å². The fourth-order valence-corrected chi connectivity index (χ4v) is 2.83. The van der Waals surface area contributed by atoms with Gasteiger partial charge in [-0.2, -0.15) is 12.6 Å². The van der Waals surface area contributed by atoms with E-state index in [1.165, 1.54) is 0 Å². The second-order valence-electron chi connectivity index (χ2n) is 6.96. The summed E-state index contributed by atoms with van der Waals surface area (Å²) in [7, 11) is -0.459. The van der Waals surface area contributed by atoms with Crippen LogP contribution in [0.1, 0.15) is 33.3 Å². The Kier molecular flexibility index (Phi) is 4.36. The Morgan fingerprint density at radius 2 is 1.79 bits per heavy atom. The van der Waals surface area contributed by atoms with Crippen LogP contribution in [0.5, 0.6) is 0 Å². The molecule has 0 bridgehead atoms. The molecule has 0 amide bonds. The molecule has 1 aliphatic heterocycles. The Morgan fingerprint density at radius 3 is 2.42 bits per heavy atom. The van der Waals surface area contributed by atoms with Gasteiger partial charge in [-0.3, -0.25) is 9.97 Å². The summed E-state index contributed by atoms with van der Waals surface area (Å²) < 4.78 is 12.2. The quantitative estimate of drug-likeness (QED) is 0.509. The lowest BCUT2D eigenvalue weighted by Crippen LogP contribution is -2.41. The second kappa shape index (κ2) is 6.06. The minimum absolute atomic E-state index is 0.399. The first-order valence-corrected chi connectivity index (χ1v) is 8.54. The zero-order valence-corrected chi connectivity index (χ0v) is 15.3. The molecule has 0 unspecified atom stereocenters. The number of aromatic nitrogens is 2. The largest absolute Gasteiger partial charge is 0.491 e. The number of hydrogen-bond donors (Lipinski definition) is 2. The van der Waals surface area contributed by atoms with Gasteiger partial charge in [0.15, 0.2) is 0 Å². The first-order valence-electron chi connectivity index (χ1n) is 7.91. The molecule has 24 heavy (non-hydrogen) atoms. The fraction of sp³-hybridized carbons (Fsp3) is 0.412. The summed E-state index contributed by atoms with van der Waals surface area (Å²) in [6, 6.07) is 3.70. The van der Waals surface area contributed by atoms with Crippen molar-refractivity contribution >= 4 is 42.5 Å². The number of fused-ring (bicyclic) bond motifs is 1. The van der Waals surface area contributed by atoms with Crippen molar-refractivity contribution in [1.29, 1.82) is 0 Å². The molecule has 1 saturated heterocycles. The van der Waals surface area contributed by atoms with Crippen LogP contribution in [0, 0.1) is 0 Å². The van der Waals surface area contributed by atoms with Crippen molar-refractivity contribution in [3.63, 3.8) is 0 Å². The molecule has 0 radical (unpaired) electrons. The van der Waals surface area contributed by atoms with E-state index in [-0.39, 0.29) is 0 Å². The van der Waals surface area contributed by atoms with E-state index in [2.05, 4.69) is 22.6 Å². The molecule has 5 nitrogen and oxygen atoms in total. The second-order valence-corrected chi connectivity index (χ2v) is 7.27. The fourth-order valence-electron chi connectivity index (χ4n) is 2.59. The average Bonchev–Trinajstić information content (AvgIpc) is 2.74. The summed E-state index contributed by atoms with van der Waals surface area (Å²) in [4.78, 5) is 8.75. The lowest BCUT2D eigenvalue weighted by molar-refractivity contribution is 0.00578. The third kappa shape index (κ3) is 2.92. The summed E-state index contributed by atoms with van der Waals surface area (Å²) in [5.74, 6) is 0.493. The number of nitrogen functional groups attached to an aromatic ring is 1. The van der Waals surface area contributed by atoms with Gasteiger partial charge in [-0.15, -0.1) is 0 Å². The maximum Gasteiger partial charge on any atom is 0.491 e. The van der Waals surface area contributed by atoms with E-state index in [9.17, 15) is 0 Å². The van der Waals surface area contributed by atoms with E-state index >= 15 is 0 Å². The molecule has 0 saturated carbocycles. The first kappa shape index (κ1) is 17.3. The molecular weight excluding hydrogens is 321 g/mol. The summed E-state index contributed by atoms with van der Waals surface area (Å²) in [5, 5.41) is 0. The Morgan fingerprint density at radius 1 is 1.17 bits per heavy atom. The molecule has 126 valence electrons. The summed E-state index contributed by atoms with van der Waals surface area (Å²) in [5.41, 5.74) is 9.29. The number of rotatable bonds is 3. The minimum atomic E-state index is -0.459. The maximum absolute atomic E-state index is 6.18. The molecule has 0 aliphatic carbocycles. The Bertz CT molecular complexity index is 792. The van der Waals surface area contributed by atoms with Gasteiger partial charge in [0.05, 0.1) is 22.2 Å². The van der Waals surface area contributed by atoms with Crippen LogP contribution in [0.3, 0.4) is 0 Å². The number of benzene rings is 1. The van der Waals surface area contributed by atoms with Gasteiger partial charge in [-0.05, 0) is 45.3 Å². The van der Waals surface area contributed by atoms with Crippen molar-refractivity contribution < 1.29 is 9.31 Å². The first-order chi connectivity index (χ1) is 11.2. The third-order valence-corrected chi connectivity index (χ3v) is 5.15. The average molecular weight is 343 g/mol. The summed E-state index contributed by atoms with van der Waals surface area (Å²) >= 11 is 4.46. The molecule has 3 rings (SSSR count). The smallest absolute Gasteiger partial charge is 0.400 e. The van der Waals surface area contributed by atoms with E-state index in [4.69, 9.17) is 15.0 Å². The molecule has 1 fully saturated rings. The Hall–Kier alpha value is -1.57. The van der Waals surface area contributed by atoms with Gasteiger partial charge in [0.25, 0.3) is 0 Å². The number of hydrogen-bond acceptors (Lipinski definition) is 6. The van der Waals surface area contributed by atoms with Crippen LogP contribution in [-0.2, 0) is 9.31 Å². The summed E-state index contributed by atoms with van der Waals surface area (Å²) in [6.45, 7) is 8.11. The Labute approximate surface area is 148 Å². The monoisotopic (exact) mass is 343 g/mol. The predicted octanol–water partition coefficient (Wildman–Crippen LogP) is 3.16. The normalized spacial score (nSPS) is 19.9. The number of nitrogens with two attached hydrogens (primary N) is 1. The molecular formula is C17H22BN3O2S. The topological polar surface area (TPSA) is 70.3 Å². The zero-order chi connectivity index (χ0) is 17.5. The van der Waals surface area contributed by atoms with Gasteiger partial charge in [0.1, 0.15) is 0 Å². The molecule has 1 aromatic carbocycles. The van der Waals surface area contributed by atoms with Gasteiger partial charge in [-0.25, -0.2) is 0 Å². The highest BCUT2D eigenvalue weighted by Gasteiger charge is 2.52. The van der Waals surface area contributed by atoms with Crippen molar-refractivity contribution in [1.82, 2.24) is 9.97 Å². The SMILES string of the molecule is CC1(C)OB(C(=Cc2c(N)ccc3nccnc23)CS)OC1(C)C. The highest BCUT2D eigenvalue weighted by molar-refractivity contribution is 7.80. The lowest BCUT2D eigenvalue weighted by atomic mass is 9.78. The van der Waals surface area contributed by atoms with E-state index < -0.39 is 18.3 Å². The molecule has 7 heteroatoms. The lowest BCUT2D eigenvalue weighted by Gasteiger charge is -2.32. The molecule has 0 spiro atoms. The van der Waals surface area contributed by atoms with Crippen molar-refractivity contribution in [3.05, 3.63) is 35.6 Å². The highest BCUT2D eigenvalue weighted by atomic mass is 32.1. The van der Waals surface area contributed by atoms with Crippen LogP contribution >= 0.6 is 12.6 Å². The van der Waals surface area contributed by atoms with Gasteiger partial charge in [0.2, 0.25) is 0 Å². The minimum Gasteiger partial charge on any atom is -0.400 e. The van der Waals surface area contributed by atoms with E-state index in [1.54, 1.807) is 12.4 Å². The van der Waals surface area contributed by atoms with Gasteiger partial charge >= 0.3 is 7.12 Å². The molecule has 1 aromatic heterocycles. The van der Waals surface area contributed by atoms with Gasteiger partial charge < -0.3 is 15.0 Å². The van der Waals surface area contributed by atoms with Crippen LogP contribution in [-0.4, -0.2) is 34.0 Å². The number of thiol groups is 1. The maximum atomic E-state index is 6.18. The van der Waals surface area contributed by atoms with E-state index in [1.807, 2.05) is 45.9 Å². The van der Waals surface area contributed by atoms with Crippen molar-refractivity contribution in [2.75, 3.05) is 11.5 Å². The molecule has 2 heterocycles. The van der Waals surface area contributed by atoms with Crippen LogP contribution in [0.25, 0.3) is 17.1 Å². The molecule has 2 N–H and O–H groups in total. The Balaban J connectivity index is 2.06. The molecule has 0 atom stereocenters. The number of anilines is 1. The third-order valence-electron chi connectivity index (χ3n) is 4.78.